The summed E-state index contributed by atoms with van der Waals surface area (Å²) < 4.78 is 7.21. The van der Waals surface area contributed by atoms with Gasteiger partial charge in [-0.05, 0) is 41.1 Å². The van der Waals surface area contributed by atoms with Crippen LogP contribution in [0.15, 0.2) is 72.8 Å². The Morgan fingerprint density at radius 2 is 1.36 bits per heavy atom. The maximum atomic E-state index is 9.83. The molecular formula is C30H46O2Si. The molecule has 0 fully saturated rings. The van der Waals surface area contributed by atoms with Crippen molar-refractivity contribution in [3.05, 3.63) is 72.8 Å². The fourth-order valence-electron chi connectivity index (χ4n) is 4.72. The van der Waals surface area contributed by atoms with Crippen molar-refractivity contribution in [2.75, 3.05) is 6.61 Å². The van der Waals surface area contributed by atoms with E-state index in [0.29, 0.717) is 6.42 Å². The van der Waals surface area contributed by atoms with Crippen molar-refractivity contribution in [3.8, 4) is 0 Å². The molecule has 0 aliphatic rings. The highest BCUT2D eigenvalue weighted by atomic mass is 28.4. The number of allylic oxidation sites excluding steroid dienone is 1. The minimum Gasteiger partial charge on any atom is -0.404 e. The average Bonchev–Trinajstić information content (AvgIpc) is 2.81. The molecule has 182 valence electrons. The van der Waals surface area contributed by atoms with Gasteiger partial charge >= 0.3 is 0 Å². The predicted molar refractivity (Wildman–Crippen MR) is 146 cm³/mol. The first-order valence-electron chi connectivity index (χ1n) is 13.0. The molecule has 0 saturated carbocycles. The Morgan fingerprint density at radius 3 is 1.88 bits per heavy atom. The Labute approximate surface area is 204 Å². The molecule has 0 heterocycles. The van der Waals surface area contributed by atoms with Crippen LogP contribution < -0.4 is 10.4 Å². The summed E-state index contributed by atoms with van der Waals surface area (Å²) in [7, 11) is -2.59. The minimum absolute atomic E-state index is 0.00195. The number of benzene rings is 2. The minimum atomic E-state index is -2.59. The summed E-state index contributed by atoms with van der Waals surface area (Å²) in [6.45, 7) is 9.34. The van der Waals surface area contributed by atoms with Crippen molar-refractivity contribution in [1.82, 2.24) is 0 Å². The van der Waals surface area contributed by atoms with Gasteiger partial charge in [-0.2, -0.15) is 0 Å². The van der Waals surface area contributed by atoms with Gasteiger partial charge in [0.15, 0.2) is 0 Å². The molecule has 0 saturated heterocycles. The standard InChI is InChI=1S/C30H46O2Si/c1-5-6-7-8-9-10-11-12-15-20-27(25-26-31)32-33(30(2,3)4,28-21-16-13-17-22-28)29-23-18-14-19-24-29/h12-19,21-24,27,31H,5-11,20,25-26H2,1-4H3/b15-12+. The van der Waals surface area contributed by atoms with Crippen molar-refractivity contribution in [1.29, 1.82) is 0 Å². The summed E-state index contributed by atoms with van der Waals surface area (Å²) in [5.74, 6) is 0. The highest BCUT2D eigenvalue weighted by Crippen LogP contribution is 2.38. The van der Waals surface area contributed by atoms with E-state index in [1.54, 1.807) is 0 Å². The Balaban J connectivity index is 2.19. The molecule has 1 N–H and O–H groups in total. The largest absolute Gasteiger partial charge is 0.404 e. The second-order valence-electron chi connectivity index (χ2n) is 10.2. The molecule has 0 spiro atoms. The first kappa shape index (κ1) is 27.6. The second kappa shape index (κ2) is 14.6. The molecule has 0 aliphatic heterocycles. The van der Waals surface area contributed by atoms with Crippen molar-refractivity contribution >= 4 is 18.7 Å². The zero-order valence-electron chi connectivity index (χ0n) is 21.4. The normalized spacial score (nSPS) is 13.5. The molecule has 2 rings (SSSR count). The molecule has 0 amide bonds. The third-order valence-corrected chi connectivity index (χ3v) is 11.6. The highest BCUT2D eigenvalue weighted by Gasteiger charge is 2.51. The summed E-state index contributed by atoms with van der Waals surface area (Å²) in [5, 5.41) is 12.4. The van der Waals surface area contributed by atoms with Gasteiger partial charge in [-0.15, -0.1) is 0 Å². The number of hydrogen-bond acceptors (Lipinski definition) is 2. The van der Waals surface area contributed by atoms with Crippen LogP contribution in [-0.4, -0.2) is 26.1 Å². The number of hydrogen-bond donors (Lipinski definition) is 1. The van der Waals surface area contributed by atoms with Crippen LogP contribution in [-0.2, 0) is 4.43 Å². The molecule has 2 nitrogen and oxygen atoms in total. The van der Waals surface area contributed by atoms with E-state index in [-0.39, 0.29) is 17.7 Å². The Kier molecular flexibility index (Phi) is 12.2. The van der Waals surface area contributed by atoms with E-state index in [2.05, 4.69) is 101 Å². The van der Waals surface area contributed by atoms with E-state index >= 15 is 0 Å². The van der Waals surface area contributed by atoms with Gasteiger partial charge in [0.25, 0.3) is 8.32 Å². The van der Waals surface area contributed by atoms with Crippen LogP contribution in [0, 0.1) is 0 Å². The molecule has 0 radical (unpaired) electrons. The quantitative estimate of drug-likeness (QED) is 0.174. The van der Waals surface area contributed by atoms with Crippen molar-refractivity contribution < 1.29 is 9.53 Å². The number of unbranched alkanes of at least 4 members (excludes halogenated alkanes) is 6. The molecule has 33 heavy (non-hydrogen) atoms. The van der Waals surface area contributed by atoms with E-state index < -0.39 is 8.32 Å². The summed E-state index contributed by atoms with van der Waals surface area (Å²) in [5.41, 5.74) is 0. The van der Waals surface area contributed by atoms with E-state index in [0.717, 1.165) is 12.8 Å². The maximum Gasteiger partial charge on any atom is 0.261 e. The molecule has 1 unspecified atom stereocenters. The summed E-state index contributed by atoms with van der Waals surface area (Å²) >= 11 is 0. The fourth-order valence-corrected chi connectivity index (χ4v) is 9.45. The number of rotatable bonds is 15. The van der Waals surface area contributed by atoms with Crippen LogP contribution >= 0.6 is 0 Å². The number of aliphatic hydroxyl groups excluding tert-OH is 1. The Hall–Kier alpha value is -1.68. The summed E-state index contributed by atoms with van der Waals surface area (Å²) in [6.07, 6.45) is 15.2. The van der Waals surface area contributed by atoms with Gasteiger partial charge in [0.2, 0.25) is 0 Å². The van der Waals surface area contributed by atoms with Crippen LogP contribution in [0.5, 0.6) is 0 Å². The van der Waals surface area contributed by atoms with Gasteiger partial charge in [-0.25, -0.2) is 0 Å². The van der Waals surface area contributed by atoms with Crippen LogP contribution in [0.1, 0.15) is 85.5 Å². The van der Waals surface area contributed by atoms with Gasteiger partial charge in [0.05, 0.1) is 6.10 Å². The van der Waals surface area contributed by atoms with Crippen LogP contribution in [0.3, 0.4) is 0 Å². The van der Waals surface area contributed by atoms with Crippen molar-refractivity contribution in [3.63, 3.8) is 0 Å². The molecule has 3 heteroatoms. The summed E-state index contributed by atoms with van der Waals surface area (Å²) in [6, 6.07) is 21.6. The maximum absolute atomic E-state index is 9.83. The van der Waals surface area contributed by atoms with E-state index in [1.807, 2.05) is 0 Å². The van der Waals surface area contributed by atoms with Gasteiger partial charge in [0.1, 0.15) is 0 Å². The molecule has 1 atom stereocenters. The molecule has 0 aromatic heterocycles. The smallest absolute Gasteiger partial charge is 0.261 e. The topological polar surface area (TPSA) is 29.5 Å². The molecule has 0 bridgehead atoms. The van der Waals surface area contributed by atoms with Crippen molar-refractivity contribution in [2.45, 2.75) is 96.6 Å². The van der Waals surface area contributed by atoms with E-state index in [9.17, 15) is 5.11 Å². The lowest BCUT2D eigenvalue weighted by molar-refractivity contribution is 0.146. The van der Waals surface area contributed by atoms with Crippen LogP contribution in [0.4, 0.5) is 0 Å². The van der Waals surface area contributed by atoms with Crippen LogP contribution in [0.2, 0.25) is 5.04 Å². The summed E-state index contributed by atoms with van der Waals surface area (Å²) in [4.78, 5) is 0. The molecular weight excluding hydrogens is 420 g/mol. The lowest BCUT2D eigenvalue weighted by Crippen LogP contribution is -2.67. The van der Waals surface area contributed by atoms with Gasteiger partial charge < -0.3 is 9.53 Å². The predicted octanol–water partition coefficient (Wildman–Crippen LogP) is 7.01. The lowest BCUT2D eigenvalue weighted by Gasteiger charge is -2.45. The van der Waals surface area contributed by atoms with Gasteiger partial charge in [-0.1, -0.05) is 133 Å². The molecule has 2 aromatic rings. The molecule has 0 aliphatic carbocycles. The Bertz CT molecular complexity index is 740. The first-order valence-corrected chi connectivity index (χ1v) is 14.9. The SMILES string of the molecule is CCCCCCCC/C=C/CC(CCO)O[Si](c1ccccc1)(c1ccccc1)C(C)(C)C. The third-order valence-electron chi connectivity index (χ3n) is 6.50. The first-order chi connectivity index (χ1) is 16.0. The average molecular weight is 467 g/mol. The lowest BCUT2D eigenvalue weighted by atomic mass is 10.1. The monoisotopic (exact) mass is 466 g/mol. The zero-order chi connectivity index (χ0) is 24.0. The third kappa shape index (κ3) is 8.24. The number of aliphatic hydroxyl groups is 1. The molecule has 2 aromatic carbocycles. The van der Waals surface area contributed by atoms with E-state index in [4.69, 9.17) is 4.43 Å². The van der Waals surface area contributed by atoms with Crippen molar-refractivity contribution in [2.24, 2.45) is 0 Å². The highest BCUT2D eigenvalue weighted by molar-refractivity contribution is 6.99. The zero-order valence-corrected chi connectivity index (χ0v) is 22.4. The Morgan fingerprint density at radius 1 is 0.818 bits per heavy atom. The fraction of sp³-hybridized carbons (Fsp3) is 0.533. The van der Waals surface area contributed by atoms with Crippen LogP contribution in [0.25, 0.3) is 0 Å². The second-order valence-corrected chi connectivity index (χ2v) is 14.4. The van der Waals surface area contributed by atoms with E-state index in [1.165, 1.54) is 48.9 Å². The van der Waals surface area contributed by atoms with Gasteiger partial charge in [-0.3, -0.25) is 0 Å². The van der Waals surface area contributed by atoms with Gasteiger partial charge in [0, 0.05) is 6.61 Å².